The molecule has 0 aliphatic carbocycles. The second kappa shape index (κ2) is 67.8. The first kappa shape index (κ1) is 87.8. The molecule has 2 fully saturated rings. The molecule has 2 unspecified atom stereocenters. The molecule has 0 aromatic heterocycles. The van der Waals surface area contributed by atoms with Crippen LogP contribution in [0.3, 0.4) is 0 Å². The van der Waals surface area contributed by atoms with Crippen LogP contribution >= 0.6 is 0 Å². The standard InChI is InChI=1S/C83H152N4O8/c1-5-9-13-17-29-41-53-71-92-80(88)59-45-33-21-25-37-49-63-84(64-50-38-26-22-34-46-60-81(89)93-72-54-42-30-18-14-10-6-2)67-57-69-86-76-79-75-78(86)77-87(79)70-58-68-85(65-51-39-27-23-35-47-61-82(90)94-73-55-43-31-19-15-11-7-3)66-52-40-28-24-36-48-62-83(91)95-74-56-44-32-20-16-12-8-4/h41-44,53-56,78-79H,5-40,45-52,57-77H2,1-4H3/b53-41-,54-42-,55-43-,56-44-. The Hall–Kier alpha value is -3.32. The van der Waals surface area contributed by atoms with E-state index in [4.69, 9.17) is 18.9 Å². The molecule has 552 valence electrons. The van der Waals surface area contributed by atoms with Crippen molar-refractivity contribution in [1.82, 2.24) is 19.6 Å². The van der Waals surface area contributed by atoms with Crippen molar-refractivity contribution in [3.8, 4) is 0 Å². The zero-order chi connectivity index (χ0) is 68.2. The van der Waals surface area contributed by atoms with Gasteiger partial charge in [0.15, 0.2) is 0 Å². The number of esters is 4. The third kappa shape index (κ3) is 56.2. The lowest BCUT2D eigenvalue weighted by Gasteiger charge is -2.35. The van der Waals surface area contributed by atoms with E-state index in [-0.39, 0.29) is 23.9 Å². The lowest BCUT2D eigenvalue weighted by molar-refractivity contribution is -0.143. The summed E-state index contributed by atoms with van der Waals surface area (Å²) in [6.45, 7) is 22.6. The second-order valence-corrected chi connectivity index (χ2v) is 28.4. The van der Waals surface area contributed by atoms with Crippen molar-refractivity contribution in [2.45, 2.75) is 367 Å². The summed E-state index contributed by atoms with van der Waals surface area (Å²) < 4.78 is 21.8. The van der Waals surface area contributed by atoms with Crippen molar-refractivity contribution >= 4 is 23.9 Å². The number of carbonyl (C=O) groups excluding carboxylic acids is 4. The minimum Gasteiger partial charge on any atom is -0.461 e. The molecule has 2 atom stereocenters. The summed E-state index contributed by atoms with van der Waals surface area (Å²) in [5.41, 5.74) is 0. The van der Waals surface area contributed by atoms with Crippen molar-refractivity contribution in [2.75, 3.05) is 91.9 Å². The zero-order valence-electron chi connectivity index (χ0n) is 62.8. The van der Waals surface area contributed by atoms with E-state index < -0.39 is 0 Å². The second-order valence-electron chi connectivity index (χ2n) is 28.4. The number of fused-ring (bicyclic) bond motifs is 2. The maximum absolute atomic E-state index is 12.3. The van der Waals surface area contributed by atoms with Gasteiger partial charge < -0.3 is 28.7 Å². The molecule has 2 aliphatic rings. The summed E-state index contributed by atoms with van der Waals surface area (Å²) in [6, 6.07) is 1.40. The molecule has 0 saturated carbocycles. The quantitative estimate of drug-likeness (QED) is 0.0250. The number of nitrogens with zero attached hydrogens (tertiary/aromatic N) is 4. The number of carbonyl (C=O) groups is 4. The zero-order valence-corrected chi connectivity index (χ0v) is 62.8. The molecule has 0 radical (unpaired) electrons. The summed E-state index contributed by atoms with van der Waals surface area (Å²) in [4.78, 5) is 60.4. The molecule has 2 bridgehead atoms. The van der Waals surface area contributed by atoms with E-state index in [1.807, 2.05) is 24.3 Å². The number of ether oxygens (including phenoxy) is 4. The topological polar surface area (TPSA) is 118 Å². The molecule has 2 saturated heterocycles. The maximum Gasteiger partial charge on any atom is 0.306 e. The number of piperazine rings is 1. The van der Waals surface area contributed by atoms with Crippen molar-refractivity contribution in [3.05, 3.63) is 48.6 Å². The average Bonchev–Trinajstić information content (AvgIpc) is 1.65. The van der Waals surface area contributed by atoms with Crippen molar-refractivity contribution < 1.29 is 38.1 Å². The van der Waals surface area contributed by atoms with E-state index in [0.29, 0.717) is 64.2 Å². The lowest BCUT2D eigenvalue weighted by atomic mass is 10.1. The normalized spacial score (nSPS) is 15.2. The number of hydrogen-bond acceptors (Lipinski definition) is 12. The van der Waals surface area contributed by atoms with Gasteiger partial charge in [-0.3, -0.25) is 29.0 Å². The fourth-order valence-electron chi connectivity index (χ4n) is 13.6. The smallest absolute Gasteiger partial charge is 0.306 e. The van der Waals surface area contributed by atoms with Crippen molar-refractivity contribution in [3.63, 3.8) is 0 Å². The number of rotatable bonds is 72. The fraction of sp³-hybridized carbons (Fsp3) is 0.855. The van der Waals surface area contributed by atoms with Crippen LogP contribution in [0.1, 0.15) is 355 Å². The van der Waals surface area contributed by atoms with E-state index in [0.717, 1.165) is 77.0 Å². The molecule has 2 aliphatic heterocycles. The Morgan fingerprint density at radius 1 is 0.284 bits per heavy atom. The molecular weight excluding hydrogens is 1180 g/mol. The highest BCUT2D eigenvalue weighted by atomic mass is 16.5. The van der Waals surface area contributed by atoms with Crippen LogP contribution in [0.25, 0.3) is 0 Å². The van der Waals surface area contributed by atoms with Gasteiger partial charge in [-0.15, -0.1) is 0 Å². The van der Waals surface area contributed by atoms with E-state index in [1.165, 1.54) is 290 Å². The predicted octanol–water partition coefficient (Wildman–Crippen LogP) is 21.3. The van der Waals surface area contributed by atoms with Gasteiger partial charge in [-0.1, -0.05) is 256 Å². The van der Waals surface area contributed by atoms with Crippen molar-refractivity contribution in [1.29, 1.82) is 0 Å². The Morgan fingerprint density at radius 2 is 0.505 bits per heavy atom. The molecular formula is C83H152N4O8. The molecule has 0 N–H and O–H groups in total. The number of allylic oxidation sites excluding steroid dienone is 4. The van der Waals surface area contributed by atoms with Gasteiger partial charge in [-0.05, 0) is 174 Å². The summed E-state index contributed by atoms with van der Waals surface area (Å²) in [5, 5.41) is 0. The van der Waals surface area contributed by atoms with Crippen LogP contribution in [0.5, 0.6) is 0 Å². The first-order valence-electron chi connectivity index (χ1n) is 40.9. The van der Waals surface area contributed by atoms with Crippen LogP contribution in [-0.4, -0.2) is 147 Å². The minimum atomic E-state index is -0.0582. The highest BCUT2D eigenvalue weighted by Crippen LogP contribution is 2.31. The van der Waals surface area contributed by atoms with Crippen LogP contribution in [0.2, 0.25) is 0 Å². The maximum atomic E-state index is 12.3. The van der Waals surface area contributed by atoms with Crippen LogP contribution in [0, 0.1) is 0 Å². The van der Waals surface area contributed by atoms with Gasteiger partial charge in [0.2, 0.25) is 0 Å². The number of hydrogen-bond donors (Lipinski definition) is 0. The van der Waals surface area contributed by atoms with Crippen LogP contribution in [0.4, 0.5) is 0 Å². The Kier molecular flexibility index (Phi) is 62.7. The van der Waals surface area contributed by atoms with Gasteiger partial charge in [0.05, 0.1) is 0 Å². The lowest BCUT2D eigenvalue weighted by Crippen LogP contribution is -2.47. The number of likely N-dealkylation sites (tertiary alicyclic amines) is 2. The van der Waals surface area contributed by atoms with Gasteiger partial charge in [-0.2, -0.15) is 0 Å². The molecule has 2 rings (SSSR count). The van der Waals surface area contributed by atoms with E-state index >= 15 is 0 Å². The molecule has 12 nitrogen and oxygen atoms in total. The Morgan fingerprint density at radius 3 is 0.747 bits per heavy atom. The molecule has 0 aromatic carbocycles. The van der Waals surface area contributed by atoms with Crippen molar-refractivity contribution in [2.24, 2.45) is 0 Å². The highest BCUT2D eigenvalue weighted by Gasteiger charge is 2.42. The molecule has 0 amide bonds. The first-order chi connectivity index (χ1) is 46.8. The summed E-state index contributed by atoms with van der Waals surface area (Å²) in [6.07, 6.45) is 74.9. The Balaban J connectivity index is 1.78. The summed E-state index contributed by atoms with van der Waals surface area (Å²) in [5.74, 6) is -0.233. The van der Waals surface area contributed by atoms with Crippen LogP contribution in [-0.2, 0) is 38.1 Å². The molecule has 95 heavy (non-hydrogen) atoms. The monoisotopic (exact) mass is 1330 g/mol. The van der Waals surface area contributed by atoms with Crippen LogP contribution < -0.4 is 0 Å². The third-order valence-corrected chi connectivity index (χ3v) is 19.7. The Bertz CT molecular complexity index is 1640. The van der Waals surface area contributed by atoms with Gasteiger partial charge in [0.1, 0.15) is 26.4 Å². The first-order valence-corrected chi connectivity index (χ1v) is 40.9. The third-order valence-electron chi connectivity index (χ3n) is 19.7. The van der Waals surface area contributed by atoms with Crippen LogP contribution in [0.15, 0.2) is 48.6 Å². The molecule has 0 spiro atoms. The molecule has 0 aromatic rings. The SMILES string of the molecule is CCCCCC/C=C\COC(=O)CCCCCCCCN(CCCCCCCCC(=O)OC/C=C\CCCCCC)CCCN1CC2CC1CN2CCCN(CCCCCCCCC(=O)OC/C=C\CCCCCC)CCCCCCCCC(=O)OC/C=C\CCCCCC. The molecule has 12 heteroatoms. The largest absolute Gasteiger partial charge is 0.461 e. The Labute approximate surface area is 586 Å². The minimum absolute atomic E-state index is 0.0582. The van der Waals surface area contributed by atoms with E-state index in [1.54, 1.807) is 0 Å². The van der Waals surface area contributed by atoms with E-state index in [2.05, 4.69) is 71.6 Å². The summed E-state index contributed by atoms with van der Waals surface area (Å²) >= 11 is 0. The van der Waals surface area contributed by atoms with E-state index in [9.17, 15) is 19.2 Å². The van der Waals surface area contributed by atoms with Gasteiger partial charge in [0, 0.05) is 50.9 Å². The highest BCUT2D eigenvalue weighted by molar-refractivity contribution is 5.70. The predicted molar refractivity (Wildman–Crippen MR) is 402 cm³/mol. The molecule has 2 heterocycles. The van der Waals surface area contributed by atoms with Gasteiger partial charge >= 0.3 is 23.9 Å². The fourth-order valence-corrected chi connectivity index (χ4v) is 13.6. The average molecular weight is 1330 g/mol. The van der Waals surface area contributed by atoms with Gasteiger partial charge in [0.25, 0.3) is 0 Å². The summed E-state index contributed by atoms with van der Waals surface area (Å²) in [7, 11) is 0. The number of unbranched alkanes of at least 4 members (excludes halogenated alkanes) is 36. The van der Waals surface area contributed by atoms with Gasteiger partial charge in [-0.25, -0.2) is 0 Å².